The molecule has 0 aliphatic carbocycles. The van der Waals surface area contributed by atoms with Crippen molar-refractivity contribution in [3.8, 4) is 0 Å². The van der Waals surface area contributed by atoms with Crippen molar-refractivity contribution in [2.24, 2.45) is 0 Å². The minimum Gasteiger partial charge on any atom is -0.480 e. The summed E-state index contributed by atoms with van der Waals surface area (Å²) in [5.41, 5.74) is -0.889. The summed E-state index contributed by atoms with van der Waals surface area (Å²) in [5, 5.41) is 11.9. The Bertz CT molecular complexity index is 417. The van der Waals surface area contributed by atoms with Crippen LogP contribution in [0.15, 0.2) is 18.2 Å². The van der Waals surface area contributed by atoms with Crippen LogP contribution >= 0.6 is 0 Å². The van der Waals surface area contributed by atoms with Crippen LogP contribution in [-0.4, -0.2) is 16.6 Å². The van der Waals surface area contributed by atoms with E-state index < -0.39 is 23.1 Å². The molecule has 0 spiro atoms. The molecule has 0 aromatic heterocycles. The van der Waals surface area contributed by atoms with Crippen LogP contribution in [0.4, 0.5) is 14.5 Å². The molecular formula is C12H15F2NO2. The first-order valence-electron chi connectivity index (χ1n) is 5.42. The minimum atomic E-state index is -1.15. The molecule has 1 rings (SSSR count). The predicted octanol–water partition coefficient (Wildman–Crippen LogP) is 3.02. The van der Waals surface area contributed by atoms with Crippen LogP contribution in [0, 0.1) is 11.6 Å². The quantitative estimate of drug-likeness (QED) is 0.835. The third kappa shape index (κ3) is 2.72. The van der Waals surface area contributed by atoms with E-state index in [4.69, 9.17) is 0 Å². The molecule has 3 nitrogen and oxygen atoms in total. The van der Waals surface area contributed by atoms with E-state index in [9.17, 15) is 18.7 Å². The fourth-order valence-corrected chi connectivity index (χ4v) is 1.63. The highest BCUT2D eigenvalue weighted by molar-refractivity contribution is 5.82. The highest BCUT2D eigenvalue weighted by Crippen LogP contribution is 2.23. The second-order valence-electron chi connectivity index (χ2n) is 3.85. The van der Waals surface area contributed by atoms with Gasteiger partial charge in [0.2, 0.25) is 0 Å². The molecule has 5 heteroatoms. The largest absolute Gasteiger partial charge is 0.480 e. The Kier molecular flexibility index (Phi) is 4.04. The molecule has 0 fully saturated rings. The van der Waals surface area contributed by atoms with E-state index in [1.807, 2.05) is 0 Å². The van der Waals surface area contributed by atoms with Crippen LogP contribution in [0.2, 0.25) is 0 Å². The van der Waals surface area contributed by atoms with Crippen molar-refractivity contribution in [2.75, 3.05) is 5.32 Å². The van der Waals surface area contributed by atoms with Gasteiger partial charge >= 0.3 is 5.97 Å². The third-order valence-electron chi connectivity index (χ3n) is 2.92. The Hall–Kier alpha value is -1.65. The molecule has 0 saturated carbocycles. The molecule has 0 aliphatic heterocycles. The number of aliphatic carboxylic acids is 1. The van der Waals surface area contributed by atoms with Gasteiger partial charge < -0.3 is 10.4 Å². The summed E-state index contributed by atoms with van der Waals surface area (Å²) in [6, 6.07) is 3.25. The molecule has 0 unspecified atom stereocenters. The summed E-state index contributed by atoms with van der Waals surface area (Å²) >= 11 is 0. The van der Waals surface area contributed by atoms with E-state index in [1.54, 1.807) is 13.8 Å². The maximum Gasteiger partial charge on any atom is 0.329 e. The molecule has 94 valence electrons. The fraction of sp³-hybridized carbons (Fsp3) is 0.417. The van der Waals surface area contributed by atoms with Gasteiger partial charge in [0.15, 0.2) is 11.6 Å². The van der Waals surface area contributed by atoms with Gasteiger partial charge in [-0.15, -0.1) is 0 Å². The second-order valence-corrected chi connectivity index (χ2v) is 3.85. The Morgan fingerprint density at radius 2 is 1.88 bits per heavy atom. The zero-order valence-corrected chi connectivity index (χ0v) is 9.76. The van der Waals surface area contributed by atoms with E-state index in [2.05, 4.69) is 5.32 Å². The number of benzene rings is 1. The van der Waals surface area contributed by atoms with Gasteiger partial charge in [0, 0.05) is 11.8 Å². The zero-order valence-electron chi connectivity index (χ0n) is 9.76. The van der Waals surface area contributed by atoms with Crippen molar-refractivity contribution in [1.29, 1.82) is 0 Å². The first-order valence-corrected chi connectivity index (χ1v) is 5.42. The zero-order chi connectivity index (χ0) is 13.1. The van der Waals surface area contributed by atoms with Crippen LogP contribution in [0.1, 0.15) is 26.7 Å². The van der Waals surface area contributed by atoms with Crippen molar-refractivity contribution in [1.82, 2.24) is 0 Å². The Morgan fingerprint density at radius 1 is 1.29 bits per heavy atom. The molecule has 0 bridgehead atoms. The molecule has 0 amide bonds. The second kappa shape index (κ2) is 5.12. The lowest BCUT2D eigenvalue weighted by Crippen LogP contribution is -2.45. The lowest BCUT2D eigenvalue weighted by Gasteiger charge is -2.29. The highest BCUT2D eigenvalue weighted by Gasteiger charge is 2.34. The maximum absolute atomic E-state index is 13.0. The Labute approximate surface area is 98.5 Å². The number of carboxylic acids is 1. The molecule has 0 saturated heterocycles. The molecule has 0 aliphatic rings. The van der Waals surface area contributed by atoms with Crippen LogP contribution < -0.4 is 5.32 Å². The van der Waals surface area contributed by atoms with Crippen LogP contribution in [0.25, 0.3) is 0 Å². The van der Waals surface area contributed by atoms with Crippen molar-refractivity contribution >= 4 is 11.7 Å². The molecule has 2 N–H and O–H groups in total. The van der Waals surface area contributed by atoms with Gasteiger partial charge in [0.05, 0.1) is 0 Å². The smallest absolute Gasteiger partial charge is 0.329 e. The summed E-state index contributed by atoms with van der Waals surface area (Å²) < 4.78 is 25.7. The van der Waals surface area contributed by atoms with Gasteiger partial charge in [-0.05, 0) is 25.0 Å². The number of carboxylic acid groups (broad SMARTS) is 1. The topological polar surface area (TPSA) is 49.3 Å². The SMILES string of the molecule is CCC(CC)(Nc1ccc(F)c(F)c1)C(=O)O. The van der Waals surface area contributed by atoms with Crippen molar-refractivity contribution < 1.29 is 18.7 Å². The van der Waals surface area contributed by atoms with Crippen LogP contribution in [0.5, 0.6) is 0 Å². The number of hydrogen-bond acceptors (Lipinski definition) is 2. The van der Waals surface area contributed by atoms with Crippen LogP contribution in [0.3, 0.4) is 0 Å². The minimum absolute atomic E-state index is 0.259. The summed E-state index contributed by atoms with van der Waals surface area (Å²) in [7, 11) is 0. The monoisotopic (exact) mass is 243 g/mol. The number of carbonyl (C=O) groups is 1. The third-order valence-corrected chi connectivity index (χ3v) is 2.92. The molecule has 1 aromatic carbocycles. The lowest BCUT2D eigenvalue weighted by atomic mass is 9.92. The van der Waals surface area contributed by atoms with Crippen LogP contribution in [-0.2, 0) is 4.79 Å². The van der Waals surface area contributed by atoms with Gasteiger partial charge in [-0.1, -0.05) is 13.8 Å². The molecule has 0 radical (unpaired) electrons. The van der Waals surface area contributed by atoms with E-state index in [0.717, 1.165) is 12.1 Å². The first kappa shape index (κ1) is 13.4. The fourth-order valence-electron chi connectivity index (χ4n) is 1.63. The molecule has 0 heterocycles. The predicted molar refractivity (Wildman–Crippen MR) is 60.9 cm³/mol. The number of halogens is 2. The van der Waals surface area contributed by atoms with Gasteiger partial charge in [0.25, 0.3) is 0 Å². The van der Waals surface area contributed by atoms with Gasteiger partial charge in [-0.2, -0.15) is 0 Å². The average Bonchev–Trinajstić information content (AvgIpc) is 2.30. The number of rotatable bonds is 5. The summed E-state index contributed by atoms with van der Waals surface area (Å²) in [4.78, 5) is 11.2. The number of hydrogen-bond donors (Lipinski definition) is 2. The number of nitrogens with one attached hydrogen (secondary N) is 1. The van der Waals surface area contributed by atoms with Gasteiger partial charge in [-0.3, -0.25) is 0 Å². The molecule has 1 aromatic rings. The maximum atomic E-state index is 13.0. The normalized spacial score (nSPS) is 11.3. The average molecular weight is 243 g/mol. The van der Waals surface area contributed by atoms with E-state index in [-0.39, 0.29) is 5.69 Å². The van der Waals surface area contributed by atoms with Gasteiger partial charge in [0.1, 0.15) is 5.54 Å². The standard InChI is InChI=1S/C12H15F2NO2/c1-3-12(4-2,11(16)17)15-8-5-6-9(13)10(14)7-8/h5-7,15H,3-4H2,1-2H3,(H,16,17). The van der Waals surface area contributed by atoms with Crippen molar-refractivity contribution in [3.05, 3.63) is 29.8 Å². The Morgan fingerprint density at radius 3 is 2.29 bits per heavy atom. The molecule has 17 heavy (non-hydrogen) atoms. The molecular weight excluding hydrogens is 228 g/mol. The van der Waals surface area contributed by atoms with E-state index >= 15 is 0 Å². The highest BCUT2D eigenvalue weighted by atomic mass is 19.2. The van der Waals surface area contributed by atoms with E-state index in [0.29, 0.717) is 12.8 Å². The molecule has 0 atom stereocenters. The summed E-state index contributed by atoms with van der Waals surface area (Å²) in [5.74, 6) is -2.96. The summed E-state index contributed by atoms with van der Waals surface area (Å²) in [6.45, 7) is 3.45. The summed E-state index contributed by atoms with van der Waals surface area (Å²) in [6.07, 6.45) is 0.690. The Balaban J connectivity index is 3.01. The van der Waals surface area contributed by atoms with Crippen molar-refractivity contribution in [2.45, 2.75) is 32.2 Å². The van der Waals surface area contributed by atoms with Crippen molar-refractivity contribution in [3.63, 3.8) is 0 Å². The van der Waals surface area contributed by atoms with Gasteiger partial charge in [-0.25, -0.2) is 13.6 Å². The number of anilines is 1. The lowest BCUT2D eigenvalue weighted by molar-refractivity contribution is -0.142. The van der Waals surface area contributed by atoms with E-state index in [1.165, 1.54) is 6.07 Å². The first-order chi connectivity index (χ1) is 7.95.